The number of nitrogens with two attached hydrogens (primary N) is 1. The Morgan fingerprint density at radius 1 is 1.08 bits per heavy atom. The molecule has 26 heavy (non-hydrogen) atoms. The van der Waals surface area contributed by atoms with E-state index in [4.69, 9.17) is 9.88 Å². The first kappa shape index (κ1) is 17.5. The van der Waals surface area contributed by atoms with Crippen molar-refractivity contribution < 1.29 is 13.2 Å². The molecule has 1 aliphatic heterocycles. The molecule has 4 rings (SSSR count). The van der Waals surface area contributed by atoms with Crippen LogP contribution in [-0.2, 0) is 16.4 Å². The van der Waals surface area contributed by atoms with Crippen LogP contribution in [0.15, 0.2) is 47.4 Å². The van der Waals surface area contributed by atoms with E-state index in [1.807, 2.05) is 0 Å². The third kappa shape index (κ3) is 3.37. The molecule has 6 heteroatoms. The minimum absolute atomic E-state index is 0.0386. The number of primary sulfonamides is 1. The molecule has 5 nitrogen and oxygen atoms in total. The molecule has 1 fully saturated rings. The van der Waals surface area contributed by atoms with E-state index < -0.39 is 10.0 Å². The van der Waals surface area contributed by atoms with Gasteiger partial charge in [0, 0.05) is 0 Å². The van der Waals surface area contributed by atoms with Crippen LogP contribution in [0.4, 0.5) is 0 Å². The van der Waals surface area contributed by atoms with Gasteiger partial charge >= 0.3 is 0 Å². The van der Waals surface area contributed by atoms with E-state index in [-0.39, 0.29) is 11.0 Å². The van der Waals surface area contributed by atoms with Gasteiger partial charge in [0.2, 0.25) is 10.0 Å². The number of sulfonamides is 1. The van der Waals surface area contributed by atoms with Gasteiger partial charge in [0.25, 0.3) is 0 Å². The average Bonchev–Trinajstić information content (AvgIpc) is 3.23. The van der Waals surface area contributed by atoms with E-state index in [9.17, 15) is 8.42 Å². The van der Waals surface area contributed by atoms with E-state index in [0.29, 0.717) is 11.8 Å². The second-order valence-electron chi connectivity index (χ2n) is 7.27. The molecule has 2 atom stereocenters. The molecule has 0 saturated carbocycles. The normalized spacial score (nSPS) is 23.2. The summed E-state index contributed by atoms with van der Waals surface area (Å²) in [5.41, 5.74) is 3.82. The molecule has 2 aromatic carbocycles. The number of aryl methyl sites for hydroxylation is 1. The summed E-state index contributed by atoms with van der Waals surface area (Å²) in [5.74, 6) is 0.668. The van der Waals surface area contributed by atoms with Gasteiger partial charge in [0.05, 0.1) is 10.9 Å². The highest BCUT2D eigenvalue weighted by Crippen LogP contribution is 2.39. The Morgan fingerprint density at radius 2 is 1.77 bits per heavy atom. The van der Waals surface area contributed by atoms with Crippen molar-refractivity contribution in [3.8, 4) is 5.75 Å². The van der Waals surface area contributed by atoms with Crippen molar-refractivity contribution in [3.05, 3.63) is 59.2 Å². The third-order valence-corrected chi connectivity index (χ3v) is 6.34. The van der Waals surface area contributed by atoms with Crippen molar-refractivity contribution in [1.82, 2.24) is 4.90 Å². The summed E-state index contributed by atoms with van der Waals surface area (Å²) in [4.78, 5) is 2.63. The minimum Gasteiger partial charge on any atom is -0.484 e. The van der Waals surface area contributed by atoms with Crippen LogP contribution in [0.1, 0.15) is 35.6 Å². The Labute approximate surface area is 154 Å². The number of fused-ring (bicyclic) bond motifs is 1. The van der Waals surface area contributed by atoms with Gasteiger partial charge in [-0.15, -0.1) is 0 Å². The Morgan fingerprint density at radius 3 is 2.42 bits per heavy atom. The summed E-state index contributed by atoms with van der Waals surface area (Å²) in [5, 5.41) is 5.18. The molecule has 0 aromatic heterocycles. The number of ether oxygens (including phenoxy) is 1. The highest BCUT2D eigenvalue weighted by Gasteiger charge is 2.38. The van der Waals surface area contributed by atoms with Crippen LogP contribution in [0, 0.1) is 6.92 Å². The van der Waals surface area contributed by atoms with Gasteiger partial charge in [-0.25, -0.2) is 13.6 Å². The van der Waals surface area contributed by atoms with Crippen LogP contribution in [0.2, 0.25) is 0 Å². The van der Waals surface area contributed by atoms with E-state index >= 15 is 0 Å². The van der Waals surface area contributed by atoms with Crippen LogP contribution in [0.25, 0.3) is 0 Å². The molecule has 1 aliphatic carbocycles. The lowest BCUT2D eigenvalue weighted by Crippen LogP contribution is -2.38. The fraction of sp³-hybridized carbons (Fsp3) is 0.400. The molecule has 2 aliphatic rings. The van der Waals surface area contributed by atoms with E-state index in [0.717, 1.165) is 19.5 Å². The maximum absolute atomic E-state index is 11.4. The van der Waals surface area contributed by atoms with Crippen molar-refractivity contribution >= 4 is 10.0 Å². The first-order chi connectivity index (χ1) is 12.4. The van der Waals surface area contributed by atoms with Gasteiger partial charge in [-0.2, -0.15) is 0 Å². The Bertz CT molecular complexity index is 903. The van der Waals surface area contributed by atoms with Gasteiger partial charge < -0.3 is 4.74 Å². The summed E-state index contributed by atoms with van der Waals surface area (Å²) in [6.45, 7) is 4.32. The quantitative estimate of drug-likeness (QED) is 0.896. The SMILES string of the molecule is Cc1ccc2c(c1)C(Oc1ccc(S(N)(=O)=O)cc1)C(N1CCCC1)C2. The first-order valence-electron chi connectivity index (χ1n) is 9.05. The number of hydrogen-bond acceptors (Lipinski definition) is 4. The van der Waals surface area contributed by atoms with Gasteiger partial charge in [-0.3, -0.25) is 4.90 Å². The van der Waals surface area contributed by atoms with Gasteiger partial charge in [0.15, 0.2) is 0 Å². The average molecular weight is 372 g/mol. The lowest BCUT2D eigenvalue weighted by atomic mass is 10.1. The molecular weight excluding hydrogens is 348 g/mol. The van der Waals surface area contributed by atoms with Crippen LogP contribution in [-0.4, -0.2) is 32.4 Å². The Kier molecular flexibility index (Phi) is 4.50. The van der Waals surface area contributed by atoms with Crippen LogP contribution in [0.3, 0.4) is 0 Å². The number of nitrogens with zero attached hydrogens (tertiary/aromatic N) is 1. The first-order valence-corrected chi connectivity index (χ1v) is 10.6. The van der Waals surface area contributed by atoms with E-state index in [1.165, 1.54) is 41.7 Å². The van der Waals surface area contributed by atoms with E-state index in [2.05, 4.69) is 30.0 Å². The maximum atomic E-state index is 11.4. The summed E-state index contributed by atoms with van der Waals surface area (Å²) in [7, 11) is -3.69. The van der Waals surface area contributed by atoms with Crippen LogP contribution in [0.5, 0.6) is 5.75 Å². The zero-order valence-corrected chi connectivity index (χ0v) is 15.7. The number of hydrogen-bond donors (Lipinski definition) is 1. The summed E-state index contributed by atoms with van der Waals surface area (Å²) in [6, 6.07) is 13.3. The molecular formula is C20H24N2O3S. The smallest absolute Gasteiger partial charge is 0.238 e. The van der Waals surface area contributed by atoms with Crippen LogP contribution < -0.4 is 9.88 Å². The van der Waals surface area contributed by atoms with Gasteiger partial charge in [0.1, 0.15) is 11.9 Å². The maximum Gasteiger partial charge on any atom is 0.238 e. The number of likely N-dealkylation sites (tertiary alicyclic amines) is 1. The fourth-order valence-electron chi connectivity index (χ4n) is 4.10. The molecule has 138 valence electrons. The van der Waals surface area contributed by atoms with Gasteiger partial charge in [-0.1, -0.05) is 23.8 Å². The van der Waals surface area contributed by atoms with Crippen LogP contribution >= 0.6 is 0 Å². The second-order valence-corrected chi connectivity index (χ2v) is 8.83. The lowest BCUT2D eigenvalue weighted by molar-refractivity contribution is 0.0940. The molecule has 0 bridgehead atoms. The molecule has 2 aromatic rings. The molecule has 0 radical (unpaired) electrons. The fourth-order valence-corrected chi connectivity index (χ4v) is 4.61. The third-order valence-electron chi connectivity index (χ3n) is 5.41. The molecule has 0 amide bonds. The zero-order chi connectivity index (χ0) is 18.3. The Hall–Kier alpha value is -1.89. The lowest BCUT2D eigenvalue weighted by Gasteiger charge is -2.30. The monoisotopic (exact) mass is 372 g/mol. The zero-order valence-electron chi connectivity index (χ0n) is 14.9. The largest absolute Gasteiger partial charge is 0.484 e. The predicted octanol–water partition coefficient (Wildman–Crippen LogP) is 2.78. The Balaban J connectivity index is 1.64. The van der Waals surface area contributed by atoms with Crippen molar-refractivity contribution in [2.75, 3.05) is 13.1 Å². The molecule has 1 saturated heterocycles. The van der Waals surface area contributed by atoms with Crippen molar-refractivity contribution in [2.45, 2.75) is 43.2 Å². The summed E-state index contributed by atoms with van der Waals surface area (Å²) < 4.78 is 29.3. The summed E-state index contributed by atoms with van der Waals surface area (Å²) >= 11 is 0. The van der Waals surface area contributed by atoms with Crippen molar-refractivity contribution in [1.29, 1.82) is 0 Å². The summed E-state index contributed by atoms with van der Waals surface area (Å²) in [6.07, 6.45) is 3.43. The number of rotatable bonds is 4. The minimum atomic E-state index is -3.69. The standard InChI is InChI=1S/C20H24N2O3S/c1-14-4-5-15-13-19(22-10-2-3-11-22)20(18(15)12-14)25-16-6-8-17(9-7-16)26(21,23)24/h4-9,12,19-20H,2-3,10-11,13H2,1H3,(H2,21,23,24). The highest BCUT2D eigenvalue weighted by molar-refractivity contribution is 7.89. The topological polar surface area (TPSA) is 72.6 Å². The molecule has 1 heterocycles. The number of benzene rings is 2. The predicted molar refractivity (Wildman–Crippen MR) is 101 cm³/mol. The molecule has 2 N–H and O–H groups in total. The van der Waals surface area contributed by atoms with Gasteiger partial charge in [-0.05, 0) is 74.7 Å². The van der Waals surface area contributed by atoms with Crippen molar-refractivity contribution in [2.24, 2.45) is 5.14 Å². The molecule has 0 spiro atoms. The second kappa shape index (κ2) is 6.68. The highest BCUT2D eigenvalue weighted by atomic mass is 32.2. The van der Waals surface area contributed by atoms with E-state index in [1.54, 1.807) is 12.1 Å². The van der Waals surface area contributed by atoms with Crippen molar-refractivity contribution in [3.63, 3.8) is 0 Å². The molecule has 2 unspecified atom stereocenters.